The largest absolute Gasteiger partial charge is 0.462 e. The predicted molar refractivity (Wildman–Crippen MR) is 111 cm³/mol. The van der Waals surface area contributed by atoms with E-state index in [0.717, 1.165) is 37.1 Å². The average molecular weight is 421 g/mol. The van der Waals surface area contributed by atoms with Gasteiger partial charge in [0.2, 0.25) is 5.91 Å². The van der Waals surface area contributed by atoms with Crippen LogP contribution < -0.4 is 5.32 Å². The molecule has 0 radical (unpaired) electrons. The van der Waals surface area contributed by atoms with E-state index in [9.17, 15) is 9.59 Å². The highest BCUT2D eigenvalue weighted by Crippen LogP contribution is 2.39. The molecule has 1 aliphatic carbocycles. The van der Waals surface area contributed by atoms with Gasteiger partial charge in [0, 0.05) is 17.8 Å². The molecular formula is C19H24N4O3S2. The van der Waals surface area contributed by atoms with Gasteiger partial charge in [-0.15, -0.1) is 28.1 Å². The SMILES string of the molecule is C=CCn1c(CC)nnc1SCC(=O)Nc1sc2c(c1C(=O)OCC)CCC2. The summed E-state index contributed by atoms with van der Waals surface area (Å²) in [5, 5.41) is 12.5. The van der Waals surface area contributed by atoms with Crippen LogP contribution in [0.4, 0.5) is 5.00 Å². The summed E-state index contributed by atoms with van der Waals surface area (Å²) in [7, 11) is 0. The Morgan fingerprint density at radius 3 is 2.89 bits per heavy atom. The van der Waals surface area contributed by atoms with E-state index in [0.29, 0.717) is 28.9 Å². The molecule has 2 aromatic heterocycles. The molecule has 150 valence electrons. The predicted octanol–water partition coefficient (Wildman–Crippen LogP) is 3.48. The number of aryl methyl sites for hydroxylation is 2. The van der Waals surface area contributed by atoms with Crippen molar-refractivity contribution in [2.75, 3.05) is 17.7 Å². The molecule has 2 heterocycles. The summed E-state index contributed by atoms with van der Waals surface area (Å²) in [5.41, 5.74) is 1.56. The lowest BCUT2D eigenvalue weighted by Gasteiger charge is -2.08. The molecule has 0 bridgehead atoms. The van der Waals surface area contributed by atoms with Gasteiger partial charge in [-0.05, 0) is 31.7 Å². The van der Waals surface area contributed by atoms with Crippen molar-refractivity contribution >= 4 is 40.0 Å². The van der Waals surface area contributed by atoms with Crippen LogP contribution in [0.1, 0.15) is 46.9 Å². The summed E-state index contributed by atoms with van der Waals surface area (Å²) in [4.78, 5) is 26.1. The Balaban J connectivity index is 1.70. The quantitative estimate of drug-likeness (QED) is 0.380. The molecule has 1 aliphatic rings. The van der Waals surface area contributed by atoms with E-state index in [-0.39, 0.29) is 17.6 Å². The Bertz CT molecular complexity index is 888. The highest BCUT2D eigenvalue weighted by atomic mass is 32.2. The molecule has 0 aromatic carbocycles. The van der Waals surface area contributed by atoms with Gasteiger partial charge in [-0.25, -0.2) is 4.79 Å². The van der Waals surface area contributed by atoms with Crippen molar-refractivity contribution in [1.29, 1.82) is 0 Å². The van der Waals surface area contributed by atoms with Crippen molar-refractivity contribution in [2.45, 2.75) is 51.2 Å². The maximum atomic E-state index is 12.5. The Labute approximate surface area is 172 Å². The minimum atomic E-state index is -0.358. The van der Waals surface area contributed by atoms with Crippen molar-refractivity contribution in [3.63, 3.8) is 0 Å². The zero-order valence-electron chi connectivity index (χ0n) is 16.1. The number of nitrogens with zero attached hydrogens (tertiary/aromatic N) is 3. The van der Waals surface area contributed by atoms with Gasteiger partial charge in [-0.2, -0.15) is 0 Å². The van der Waals surface area contributed by atoms with Crippen LogP contribution in [0.3, 0.4) is 0 Å². The molecule has 0 saturated heterocycles. The fraction of sp³-hybridized carbons (Fsp3) is 0.474. The average Bonchev–Trinajstić information content (AvgIpc) is 3.35. The maximum absolute atomic E-state index is 12.5. The van der Waals surface area contributed by atoms with E-state index in [1.165, 1.54) is 28.0 Å². The monoisotopic (exact) mass is 420 g/mol. The number of esters is 1. The molecule has 3 rings (SSSR count). The first-order chi connectivity index (χ1) is 13.6. The summed E-state index contributed by atoms with van der Waals surface area (Å²) < 4.78 is 7.15. The van der Waals surface area contributed by atoms with Crippen LogP contribution in [-0.4, -0.2) is 39.0 Å². The Morgan fingerprint density at radius 2 is 2.18 bits per heavy atom. The number of fused-ring (bicyclic) bond motifs is 1. The van der Waals surface area contributed by atoms with Crippen LogP contribution in [0.25, 0.3) is 0 Å². The molecule has 0 fully saturated rings. The van der Waals surface area contributed by atoms with Crippen LogP contribution in [0, 0.1) is 0 Å². The lowest BCUT2D eigenvalue weighted by molar-refractivity contribution is -0.113. The molecule has 0 saturated carbocycles. The number of amides is 1. The van der Waals surface area contributed by atoms with E-state index >= 15 is 0 Å². The number of allylic oxidation sites excluding steroid dienone is 1. The summed E-state index contributed by atoms with van der Waals surface area (Å²) in [6, 6.07) is 0. The fourth-order valence-corrected chi connectivity index (χ4v) is 5.26. The first-order valence-electron chi connectivity index (χ1n) is 9.36. The number of ether oxygens (including phenoxy) is 1. The smallest absolute Gasteiger partial charge is 0.341 e. The number of hydrogen-bond donors (Lipinski definition) is 1. The van der Waals surface area contributed by atoms with Gasteiger partial charge >= 0.3 is 5.97 Å². The zero-order valence-corrected chi connectivity index (χ0v) is 17.8. The third-order valence-electron chi connectivity index (χ3n) is 4.41. The van der Waals surface area contributed by atoms with E-state index in [1.807, 2.05) is 11.5 Å². The molecule has 28 heavy (non-hydrogen) atoms. The molecule has 1 N–H and O–H groups in total. The number of rotatable bonds is 9. The molecule has 9 heteroatoms. The second-order valence-electron chi connectivity index (χ2n) is 6.27. The number of anilines is 1. The van der Waals surface area contributed by atoms with Crippen molar-refractivity contribution < 1.29 is 14.3 Å². The van der Waals surface area contributed by atoms with Gasteiger partial charge in [-0.3, -0.25) is 4.79 Å². The minimum absolute atomic E-state index is 0.179. The summed E-state index contributed by atoms with van der Waals surface area (Å²) in [6.07, 6.45) is 5.38. The van der Waals surface area contributed by atoms with E-state index in [1.54, 1.807) is 13.0 Å². The maximum Gasteiger partial charge on any atom is 0.341 e. The fourth-order valence-electron chi connectivity index (χ4n) is 3.20. The normalized spacial score (nSPS) is 12.6. The lowest BCUT2D eigenvalue weighted by atomic mass is 10.1. The molecule has 0 spiro atoms. The molecule has 1 amide bonds. The van der Waals surface area contributed by atoms with Crippen LogP contribution in [0.5, 0.6) is 0 Å². The number of hydrogen-bond acceptors (Lipinski definition) is 7. The van der Waals surface area contributed by atoms with Gasteiger partial charge in [0.05, 0.1) is 17.9 Å². The Kier molecular flexibility index (Phi) is 6.90. The van der Waals surface area contributed by atoms with Gasteiger partial charge in [0.25, 0.3) is 0 Å². The minimum Gasteiger partial charge on any atom is -0.462 e. The van der Waals surface area contributed by atoms with Crippen LogP contribution in [0.15, 0.2) is 17.8 Å². The van der Waals surface area contributed by atoms with Gasteiger partial charge in [0.15, 0.2) is 5.16 Å². The molecule has 0 unspecified atom stereocenters. The topological polar surface area (TPSA) is 86.1 Å². The number of carbonyl (C=O) groups excluding carboxylic acids is 2. The van der Waals surface area contributed by atoms with Crippen molar-refractivity contribution in [2.24, 2.45) is 0 Å². The lowest BCUT2D eigenvalue weighted by Crippen LogP contribution is -2.17. The van der Waals surface area contributed by atoms with Gasteiger partial charge < -0.3 is 14.6 Å². The van der Waals surface area contributed by atoms with Crippen molar-refractivity contribution in [1.82, 2.24) is 14.8 Å². The molecular weight excluding hydrogens is 396 g/mol. The standard InChI is InChI=1S/C19H24N4O3S2/c1-4-10-23-14(5-2)21-22-19(23)27-11-15(24)20-17-16(18(25)26-6-3)12-8-7-9-13(12)28-17/h4H,1,5-11H2,2-3H3,(H,20,24). The van der Waals surface area contributed by atoms with Crippen LogP contribution in [-0.2, 0) is 35.3 Å². The second kappa shape index (κ2) is 9.38. The Hall–Kier alpha value is -2.13. The molecule has 0 aliphatic heterocycles. The molecule has 7 nitrogen and oxygen atoms in total. The zero-order chi connectivity index (χ0) is 20.1. The Morgan fingerprint density at radius 1 is 1.36 bits per heavy atom. The molecule has 2 aromatic rings. The highest BCUT2D eigenvalue weighted by molar-refractivity contribution is 7.99. The van der Waals surface area contributed by atoms with E-state index in [4.69, 9.17) is 4.74 Å². The van der Waals surface area contributed by atoms with Gasteiger partial charge in [0.1, 0.15) is 10.8 Å². The van der Waals surface area contributed by atoms with E-state index < -0.39 is 0 Å². The third-order valence-corrected chi connectivity index (χ3v) is 6.58. The second-order valence-corrected chi connectivity index (χ2v) is 8.32. The first kappa shape index (κ1) is 20.6. The number of nitrogens with one attached hydrogen (secondary N) is 1. The van der Waals surface area contributed by atoms with Crippen molar-refractivity contribution in [3.8, 4) is 0 Å². The third kappa shape index (κ3) is 4.30. The molecule has 0 atom stereocenters. The van der Waals surface area contributed by atoms with Crippen LogP contribution in [0.2, 0.25) is 0 Å². The summed E-state index contributed by atoms with van der Waals surface area (Å²) in [5.74, 6) is 0.510. The highest BCUT2D eigenvalue weighted by Gasteiger charge is 2.28. The number of carbonyl (C=O) groups is 2. The summed E-state index contributed by atoms with van der Waals surface area (Å²) >= 11 is 2.81. The van der Waals surface area contributed by atoms with Gasteiger partial charge in [-0.1, -0.05) is 24.8 Å². The van der Waals surface area contributed by atoms with Crippen LogP contribution >= 0.6 is 23.1 Å². The number of thiophene rings is 1. The van der Waals surface area contributed by atoms with Crippen molar-refractivity contribution in [3.05, 3.63) is 34.5 Å². The summed E-state index contributed by atoms with van der Waals surface area (Å²) in [6.45, 7) is 8.47. The number of thioether (sulfide) groups is 1. The first-order valence-corrected chi connectivity index (χ1v) is 11.2. The number of aromatic nitrogens is 3. The van der Waals surface area contributed by atoms with E-state index in [2.05, 4.69) is 22.1 Å².